The fourth-order valence-electron chi connectivity index (χ4n) is 4.96. The Hall–Kier alpha value is -3.29. The van der Waals surface area contributed by atoms with Gasteiger partial charge in [0.05, 0.1) is 5.56 Å². The maximum Gasteiger partial charge on any atom is 0.315 e. The fraction of sp³-hybridized carbons (Fsp3) is 0.423. The molecule has 1 heterocycles. The minimum absolute atomic E-state index is 0.136. The first-order valence-electron chi connectivity index (χ1n) is 11.8. The van der Waals surface area contributed by atoms with E-state index >= 15 is 0 Å². The average molecular weight is 470 g/mol. The molecule has 2 aromatic rings. The number of halogens is 2. The number of ketones is 1. The molecular weight excluding hydrogens is 440 g/mol. The fourth-order valence-corrected chi connectivity index (χ4v) is 4.96. The SMILES string of the molecule is O=C(NCc1ccccc1)NC1(C(=O)N2CCC(C(=O)c3cc(F)ccc3F)CC2)CCCC1. The zero-order valence-corrected chi connectivity index (χ0v) is 19.0. The highest BCUT2D eigenvalue weighted by atomic mass is 19.1. The Labute approximate surface area is 197 Å². The van der Waals surface area contributed by atoms with Crippen LogP contribution in [0.15, 0.2) is 48.5 Å². The maximum absolute atomic E-state index is 14.0. The van der Waals surface area contributed by atoms with Gasteiger partial charge >= 0.3 is 6.03 Å². The summed E-state index contributed by atoms with van der Waals surface area (Å²) in [5, 5.41) is 5.76. The molecule has 6 nitrogen and oxygen atoms in total. The summed E-state index contributed by atoms with van der Waals surface area (Å²) in [6.45, 7) is 1.03. The van der Waals surface area contributed by atoms with Crippen LogP contribution < -0.4 is 10.6 Å². The third-order valence-corrected chi connectivity index (χ3v) is 6.86. The first-order valence-corrected chi connectivity index (χ1v) is 11.8. The highest BCUT2D eigenvalue weighted by molar-refractivity contribution is 5.98. The van der Waals surface area contributed by atoms with E-state index in [1.54, 1.807) is 4.90 Å². The molecule has 2 N–H and O–H groups in total. The molecule has 3 amide bonds. The van der Waals surface area contributed by atoms with Crippen LogP contribution in [0.25, 0.3) is 0 Å². The number of amides is 3. The topological polar surface area (TPSA) is 78.5 Å². The molecular formula is C26H29F2N3O3. The number of hydrogen-bond donors (Lipinski definition) is 2. The minimum Gasteiger partial charge on any atom is -0.341 e. The summed E-state index contributed by atoms with van der Waals surface area (Å²) >= 11 is 0. The largest absolute Gasteiger partial charge is 0.341 e. The van der Waals surface area contributed by atoms with Crippen LogP contribution in [0.3, 0.4) is 0 Å². The van der Waals surface area contributed by atoms with Gasteiger partial charge in [-0.1, -0.05) is 43.2 Å². The number of piperidine rings is 1. The number of likely N-dealkylation sites (tertiary alicyclic amines) is 1. The van der Waals surface area contributed by atoms with Crippen molar-refractivity contribution in [3.8, 4) is 0 Å². The normalized spacial score (nSPS) is 17.9. The number of hydrogen-bond acceptors (Lipinski definition) is 3. The molecule has 0 aromatic heterocycles. The van der Waals surface area contributed by atoms with Crippen LogP contribution in [0, 0.1) is 17.6 Å². The van der Waals surface area contributed by atoms with Crippen LogP contribution >= 0.6 is 0 Å². The highest BCUT2D eigenvalue weighted by Crippen LogP contribution is 2.33. The molecule has 0 spiro atoms. The molecule has 8 heteroatoms. The second kappa shape index (κ2) is 10.3. The molecule has 0 radical (unpaired) electrons. The number of benzene rings is 2. The molecule has 0 bridgehead atoms. The van der Waals surface area contributed by atoms with E-state index in [1.807, 2.05) is 30.3 Å². The van der Waals surface area contributed by atoms with E-state index in [0.717, 1.165) is 36.6 Å². The van der Waals surface area contributed by atoms with Crippen molar-refractivity contribution in [3.05, 3.63) is 71.3 Å². The van der Waals surface area contributed by atoms with Gasteiger partial charge in [0.2, 0.25) is 5.91 Å². The molecule has 2 fully saturated rings. The second-order valence-corrected chi connectivity index (χ2v) is 9.14. The quantitative estimate of drug-likeness (QED) is 0.623. The number of urea groups is 1. The van der Waals surface area contributed by atoms with Gasteiger partial charge in [0.25, 0.3) is 0 Å². The van der Waals surface area contributed by atoms with Gasteiger partial charge in [0, 0.05) is 25.6 Å². The van der Waals surface area contributed by atoms with E-state index in [1.165, 1.54) is 0 Å². The standard InChI is InChI=1S/C26H29F2N3O3/c27-20-8-9-22(28)21(16-20)23(32)19-10-14-31(15-11-19)24(33)26(12-4-5-13-26)30-25(34)29-17-18-6-2-1-3-7-18/h1-3,6-9,16,19H,4-5,10-15,17H2,(H2,29,30,34). The summed E-state index contributed by atoms with van der Waals surface area (Å²) in [5.41, 5.74) is -0.230. The molecule has 2 aliphatic rings. The Balaban J connectivity index is 1.36. The van der Waals surface area contributed by atoms with Crippen molar-refractivity contribution in [1.29, 1.82) is 0 Å². The van der Waals surface area contributed by atoms with E-state index in [-0.39, 0.29) is 17.5 Å². The van der Waals surface area contributed by atoms with Gasteiger partial charge in [-0.3, -0.25) is 9.59 Å². The number of carbonyl (C=O) groups excluding carboxylic acids is 3. The van der Waals surface area contributed by atoms with Crippen molar-refractivity contribution in [1.82, 2.24) is 15.5 Å². The summed E-state index contributed by atoms with van der Waals surface area (Å²) in [4.78, 5) is 40.5. The van der Waals surface area contributed by atoms with Crippen LogP contribution in [0.2, 0.25) is 0 Å². The lowest BCUT2D eigenvalue weighted by Gasteiger charge is -2.38. The average Bonchev–Trinajstić information content (AvgIpc) is 3.33. The molecule has 1 saturated carbocycles. The Kier molecular flexibility index (Phi) is 7.24. The zero-order valence-electron chi connectivity index (χ0n) is 19.0. The number of carbonyl (C=O) groups is 3. The first-order chi connectivity index (χ1) is 16.4. The number of nitrogens with one attached hydrogen (secondary N) is 2. The van der Waals surface area contributed by atoms with Gasteiger partial charge in [-0.15, -0.1) is 0 Å². The van der Waals surface area contributed by atoms with Gasteiger partial charge in [0.1, 0.15) is 17.2 Å². The van der Waals surface area contributed by atoms with Crippen molar-refractivity contribution < 1.29 is 23.2 Å². The van der Waals surface area contributed by atoms with Gasteiger partial charge in [0.15, 0.2) is 5.78 Å². The molecule has 1 aliphatic carbocycles. The number of nitrogens with zero attached hydrogens (tertiary/aromatic N) is 1. The summed E-state index contributed by atoms with van der Waals surface area (Å²) in [5.74, 6) is -2.43. The predicted molar refractivity (Wildman–Crippen MR) is 123 cm³/mol. The Morgan fingerprint density at radius 2 is 1.65 bits per heavy atom. The molecule has 1 aliphatic heterocycles. The molecule has 180 valence electrons. The molecule has 4 rings (SSSR count). The third-order valence-electron chi connectivity index (χ3n) is 6.86. The van der Waals surface area contributed by atoms with E-state index < -0.39 is 28.9 Å². The van der Waals surface area contributed by atoms with Crippen LogP contribution in [-0.2, 0) is 11.3 Å². The Morgan fingerprint density at radius 3 is 2.32 bits per heavy atom. The van der Waals surface area contributed by atoms with Gasteiger partial charge < -0.3 is 15.5 Å². The lowest BCUT2D eigenvalue weighted by molar-refractivity contribution is -0.139. The summed E-state index contributed by atoms with van der Waals surface area (Å²) in [6, 6.07) is 12.0. The van der Waals surface area contributed by atoms with Crippen molar-refractivity contribution in [2.75, 3.05) is 13.1 Å². The van der Waals surface area contributed by atoms with Crippen molar-refractivity contribution >= 4 is 17.7 Å². The minimum atomic E-state index is -0.952. The summed E-state index contributed by atoms with van der Waals surface area (Å²) in [7, 11) is 0. The van der Waals surface area contributed by atoms with Gasteiger partial charge in [-0.2, -0.15) is 0 Å². The monoisotopic (exact) mass is 469 g/mol. The third kappa shape index (κ3) is 5.26. The van der Waals surface area contributed by atoms with Gasteiger partial charge in [-0.05, 0) is 49.4 Å². The molecule has 1 saturated heterocycles. The molecule has 0 atom stereocenters. The van der Waals surface area contributed by atoms with Crippen LogP contribution in [0.1, 0.15) is 54.4 Å². The molecule has 34 heavy (non-hydrogen) atoms. The van der Waals surface area contributed by atoms with Crippen LogP contribution in [0.4, 0.5) is 13.6 Å². The van der Waals surface area contributed by atoms with Crippen molar-refractivity contribution in [2.45, 2.75) is 50.6 Å². The van der Waals surface area contributed by atoms with E-state index in [4.69, 9.17) is 0 Å². The first kappa shape index (κ1) is 23.9. The van der Waals surface area contributed by atoms with Crippen LogP contribution in [-0.4, -0.2) is 41.2 Å². The zero-order chi connectivity index (χ0) is 24.1. The smallest absolute Gasteiger partial charge is 0.315 e. The predicted octanol–water partition coefficient (Wildman–Crippen LogP) is 4.20. The van der Waals surface area contributed by atoms with E-state index in [2.05, 4.69) is 10.6 Å². The molecule has 2 aromatic carbocycles. The second-order valence-electron chi connectivity index (χ2n) is 9.14. The Bertz CT molecular complexity index is 1050. The van der Waals surface area contributed by atoms with E-state index in [9.17, 15) is 23.2 Å². The number of Topliss-reactive ketones (excluding diaryl/α,β-unsaturated/α-hetero) is 1. The lowest BCUT2D eigenvalue weighted by Crippen LogP contribution is -2.61. The van der Waals surface area contributed by atoms with Crippen molar-refractivity contribution in [3.63, 3.8) is 0 Å². The van der Waals surface area contributed by atoms with E-state index in [0.29, 0.717) is 45.3 Å². The van der Waals surface area contributed by atoms with Crippen LogP contribution in [0.5, 0.6) is 0 Å². The van der Waals surface area contributed by atoms with Crippen molar-refractivity contribution in [2.24, 2.45) is 5.92 Å². The maximum atomic E-state index is 14.0. The summed E-state index contributed by atoms with van der Waals surface area (Å²) in [6.07, 6.45) is 3.57. The number of rotatable bonds is 6. The highest BCUT2D eigenvalue weighted by Gasteiger charge is 2.45. The molecule has 0 unspecified atom stereocenters. The lowest BCUT2D eigenvalue weighted by atomic mass is 9.87. The van der Waals surface area contributed by atoms with Gasteiger partial charge in [-0.25, -0.2) is 13.6 Å². The Morgan fingerprint density at radius 1 is 0.971 bits per heavy atom. The summed E-state index contributed by atoms with van der Waals surface area (Å²) < 4.78 is 27.5.